The van der Waals surface area contributed by atoms with Crippen LogP contribution < -0.4 is 5.73 Å². The van der Waals surface area contributed by atoms with Gasteiger partial charge in [0.15, 0.2) is 5.78 Å². The lowest BCUT2D eigenvalue weighted by atomic mass is 9.99. The average Bonchev–Trinajstić information content (AvgIpc) is 3.00. The molecule has 0 saturated heterocycles. The van der Waals surface area contributed by atoms with Crippen LogP contribution in [-0.2, 0) is 0 Å². The number of ketones is 1. The molecule has 0 amide bonds. The molecule has 4 aromatic rings. The first-order valence-corrected chi connectivity index (χ1v) is 8.94. The maximum atomic E-state index is 11.8. The summed E-state index contributed by atoms with van der Waals surface area (Å²) in [5, 5.41) is 0.958. The monoisotopic (exact) mass is 343 g/mol. The van der Waals surface area contributed by atoms with Gasteiger partial charge in [0, 0.05) is 17.0 Å². The lowest BCUT2D eigenvalue weighted by Gasteiger charge is -2.06. The second kappa shape index (κ2) is 6.19. The molecule has 0 saturated carbocycles. The summed E-state index contributed by atoms with van der Waals surface area (Å²) in [4.78, 5) is 12.5. The molecular weight excluding hydrogens is 326 g/mol. The van der Waals surface area contributed by atoms with Gasteiger partial charge in [0.25, 0.3) is 0 Å². The third-order valence-electron chi connectivity index (χ3n) is 4.38. The number of hydrogen-bond donors (Lipinski definition) is 1. The largest absolute Gasteiger partial charge is 0.397 e. The van der Waals surface area contributed by atoms with E-state index in [1.807, 2.05) is 30.3 Å². The first kappa shape index (κ1) is 15.6. The van der Waals surface area contributed by atoms with Crippen molar-refractivity contribution in [2.45, 2.75) is 6.92 Å². The van der Waals surface area contributed by atoms with Crippen LogP contribution in [0.5, 0.6) is 0 Å². The Bertz CT molecular complexity index is 1060. The summed E-state index contributed by atoms with van der Waals surface area (Å²) in [6.45, 7) is 1.56. The van der Waals surface area contributed by atoms with Gasteiger partial charge in [-0.3, -0.25) is 4.79 Å². The molecule has 2 nitrogen and oxygen atoms in total. The van der Waals surface area contributed by atoms with E-state index in [-0.39, 0.29) is 5.78 Å². The Morgan fingerprint density at radius 2 is 1.44 bits per heavy atom. The van der Waals surface area contributed by atoms with Crippen LogP contribution in [0.3, 0.4) is 0 Å². The van der Waals surface area contributed by atoms with E-state index in [2.05, 4.69) is 42.5 Å². The minimum Gasteiger partial charge on any atom is -0.397 e. The van der Waals surface area contributed by atoms with Gasteiger partial charge in [-0.25, -0.2) is 0 Å². The Morgan fingerprint density at radius 1 is 0.800 bits per heavy atom. The fourth-order valence-electron chi connectivity index (χ4n) is 3.10. The molecule has 25 heavy (non-hydrogen) atoms. The van der Waals surface area contributed by atoms with Crippen LogP contribution in [0.4, 0.5) is 5.69 Å². The number of thiophene rings is 1. The number of Topliss-reactive ketones (excluding diaryl/α,β-unsaturated/α-hetero) is 1. The highest BCUT2D eigenvalue weighted by Gasteiger charge is 2.15. The number of anilines is 1. The van der Waals surface area contributed by atoms with Crippen molar-refractivity contribution in [3.05, 3.63) is 77.7 Å². The SMILES string of the molecule is CC(=O)c1sc2c(-c3ccc(-c4ccccc4)cc3)cccc2c1N. The highest BCUT2D eigenvalue weighted by Crippen LogP contribution is 2.40. The molecule has 3 heteroatoms. The lowest BCUT2D eigenvalue weighted by molar-refractivity contribution is 0.102. The molecule has 0 unspecified atom stereocenters. The summed E-state index contributed by atoms with van der Waals surface area (Å²) in [7, 11) is 0. The maximum absolute atomic E-state index is 11.8. The molecule has 0 radical (unpaired) electrons. The van der Waals surface area contributed by atoms with Crippen molar-refractivity contribution >= 4 is 32.9 Å². The predicted octanol–water partition coefficient (Wildman–Crippen LogP) is 6.02. The Hall–Kier alpha value is -2.91. The summed E-state index contributed by atoms with van der Waals surface area (Å²) in [6.07, 6.45) is 0. The summed E-state index contributed by atoms with van der Waals surface area (Å²) >= 11 is 1.48. The Labute approximate surface area is 150 Å². The number of benzene rings is 3. The highest BCUT2D eigenvalue weighted by molar-refractivity contribution is 7.22. The summed E-state index contributed by atoms with van der Waals surface area (Å²) in [6, 6.07) is 24.9. The second-order valence-electron chi connectivity index (χ2n) is 6.03. The van der Waals surface area contributed by atoms with E-state index < -0.39 is 0 Å². The third kappa shape index (κ3) is 2.73. The number of carbonyl (C=O) groups is 1. The van der Waals surface area contributed by atoms with Crippen molar-refractivity contribution < 1.29 is 4.79 Å². The highest BCUT2D eigenvalue weighted by atomic mass is 32.1. The van der Waals surface area contributed by atoms with Crippen LogP contribution in [0, 0.1) is 0 Å². The van der Waals surface area contributed by atoms with Gasteiger partial charge in [-0.05, 0) is 22.3 Å². The van der Waals surface area contributed by atoms with Crippen LogP contribution in [0.25, 0.3) is 32.3 Å². The number of rotatable bonds is 3. The first-order chi connectivity index (χ1) is 12.1. The topological polar surface area (TPSA) is 43.1 Å². The summed E-state index contributed by atoms with van der Waals surface area (Å²) < 4.78 is 1.07. The van der Waals surface area contributed by atoms with Gasteiger partial charge >= 0.3 is 0 Å². The summed E-state index contributed by atoms with van der Waals surface area (Å²) in [5.41, 5.74) is 11.4. The maximum Gasteiger partial charge on any atom is 0.171 e. The zero-order valence-corrected chi connectivity index (χ0v) is 14.6. The standard InChI is InChI=1S/C22H17NOS/c1-14(24)21-20(23)19-9-5-8-18(22(19)25-21)17-12-10-16(11-13-17)15-6-3-2-4-7-15/h2-13H,23H2,1H3. The van der Waals surface area contributed by atoms with E-state index in [0.29, 0.717) is 10.6 Å². The second-order valence-corrected chi connectivity index (χ2v) is 7.05. The van der Waals surface area contributed by atoms with Crippen molar-refractivity contribution in [3.8, 4) is 22.3 Å². The summed E-state index contributed by atoms with van der Waals surface area (Å²) in [5.74, 6) is 0.0177. The smallest absolute Gasteiger partial charge is 0.171 e. The molecule has 122 valence electrons. The number of nitrogen functional groups attached to an aromatic ring is 1. The van der Waals surface area contributed by atoms with E-state index in [1.165, 1.54) is 22.5 Å². The molecule has 4 rings (SSSR count). The fourth-order valence-corrected chi connectivity index (χ4v) is 4.25. The number of carbonyl (C=O) groups excluding carboxylic acids is 1. The normalized spacial score (nSPS) is 10.9. The number of fused-ring (bicyclic) bond motifs is 1. The Kier molecular flexibility index (Phi) is 3.86. The molecule has 0 spiro atoms. The molecule has 0 aliphatic heterocycles. The van der Waals surface area contributed by atoms with Crippen molar-refractivity contribution in [2.24, 2.45) is 0 Å². The van der Waals surface area contributed by atoms with Crippen molar-refractivity contribution in [1.29, 1.82) is 0 Å². The van der Waals surface area contributed by atoms with Crippen LogP contribution in [0.15, 0.2) is 72.8 Å². The van der Waals surface area contributed by atoms with E-state index in [9.17, 15) is 4.79 Å². The van der Waals surface area contributed by atoms with Gasteiger partial charge in [0.05, 0.1) is 10.6 Å². The quantitative estimate of drug-likeness (QED) is 0.462. The fraction of sp³-hybridized carbons (Fsp3) is 0.0455. The molecule has 2 N–H and O–H groups in total. The Balaban J connectivity index is 1.82. The van der Waals surface area contributed by atoms with Gasteiger partial charge < -0.3 is 5.73 Å². The molecular formula is C22H17NOS. The Morgan fingerprint density at radius 3 is 2.12 bits per heavy atom. The molecule has 0 bridgehead atoms. The molecule has 0 aliphatic carbocycles. The van der Waals surface area contributed by atoms with Gasteiger partial charge in [-0.2, -0.15) is 0 Å². The van der Waals surface area contributed by atoms with Crippen LogP contribution >= 0.6 is 11.3 Å². The predicted molar refractivity (Wildman–Crippen MR) is 107 cm³/mol. The van der Waals surface area contributed by atoms with Crippen LogP contribution in [-0.4, -0.2) is 5.78 Å². The van der Waals surface area contributed by atoms with Crippen molar-refractivity contribution in [2.75, 3.05) is 5.73 Å². The molecule has 0 atom stereocenters. The van der Waals surface area contributed by atoms with Gasteiger partial charge in [-0.15, -0.1) is 11.3 Å². The minimum atomic E-state index is 0.0177. The van der Waals surface area contributed by atoms with Crippen LogP contribution in [0.1, 0.15) is 16.6 Å². The first-order valence-electron chi connectivity index (χ1n) is 8.13. The molecule has 1 aromatic heterocycles. The van der Waals surface area contributed by atoms with E-state index >= 15 is 0 Å². The van der Waals surface area contributed by atoms with Gasteiger partial charge in [0.1, 0.15) is 0 Å². The lowest BCUT2D eigenvalue weighted by Crippen LogP contribution is -1.93. The number of nitrogens with two attached hydrogens (primary N) is 1. The van der Waals surface area contributed by atoms with Gasteiger partial charge in [-0.1, -0.05) is 72.8 Å². The van der Waals surface area contributed by atoms with E-state index in [4.69, 9.17) is 5.73 Å². The van der Waals surface area contributed by atoms with Crippen molar-refractivity contribution in [3.63, 3.8) is 0 Å². The van der Waals surface area contributed by atoms with Gasteiger partial charge in [0.2, 0.25) is 0 Å². The number of hydrogen-bond acceptors (Lipinski definition) is 3. The minimum absolute atomic E-state index is 0.0177. The zero-order chi connectivity index (χ0) is 17.4. The molecule has 0 aliphatic rings. The average molecular weight is 343 g/mol. The van der Waals surface area contributed by atoms with Crippen LogP contribution in [0.2, 0.25) is 0 Å². The van der Waals surface area contributed by atoms with E-state index in [1.54, 1.807) is 6.92 Å². The molecule has 1 heterocycles. The van der Waals surface area contributed by atoms with Crippen molar-refractivity contribution in [1.82, 2.24) is 0 Å². The zero-order valence-electron chi connectivity index (χ0n) is 13.8. The third-order valence-corrected chi connectivity index (χ3v) is 5.73. The molecule has 3 aromatic carbocycles. The van der Waals surface area contributed by atoms with E-state index in [0.717, 1.165) is 21.2 Å². The molecule has 0 fully saturated rings.